The summed E-state index contributed by atoms with van der Waals surface area (Å²) < 4.78 is 5.17. The van der Waals surface area contributed by atoms with Gasteiger partial charge in [-0.1, -0.05) is 0 Å². The van der Waals surface area contributed by atoms with Gasteiger partial charge >= 0.3 is 0 Å². The van der Waals surface area contributed by atoms with Crippen LogP contribution in [0, 0.1) is 6.92 Å². The van der Waals surface area contributed by atoms with E-state index >= 15 is 0 Å². The molecule has 2 rings (SSSR count). The second-order valence-electron chi connectivity index (χ2n) is 4.57. The Kier molecular flexibility index (Phi) is 3.33. The molecule has 0 atom stereocenters. The van der Waals surface area contributed by atoms with Crippen molar-refractivity contribution in [2.45, 2.75) is 31.9 Å². The van der Waals surface area contributed by atoms with E-state index in [9.17, 15) is 4.79 Å². The molecule has 1 saturated carbocycles. The van der Waals surface area contributed by atoms with Crippen molar-refractivity contribution in [1.29, 1.82) is 0 Å². The van der Waals surface area contributed by atoms with Gasteiger partial charge < -0.3 is 15.8 Å². The molecule has 1 amide bonds. The van der Waals surface area contributed by atoms with Crippen LogP contribution in [-0.4, -0.2) is 25.2 Å². The van der Waals surface area contributed by atoms with Gasteiger partial charge in [0.2, 0.25) is 0 Å². The fraction of sp³-hybridized carbons (Fsp3) is 0.462. The minimum absolute atomic E-state index is 0.0346. The second-order valence-corrected chi connectivity index (χ2v) is 4.57. The van der Waals surface area contributed by atoms with Gasteiger partial charge in [0.1, 0.15) is 0 Å². The maximum atomic E-state index is 11.9. The number of anilines is 1. The molecule has 92 valence electrons. The Morgan fingerprint density at radius 1 is 1.47 bits per heavy atom. The zero-order valence-electron chi connectivity index (χ0n) is 10.2. The van der Waals surface area contributed by atoms with Crippen molar-refractivity contribution < 1.29 is 9.53 Å². The van der Waals surface area contributed by atoms with Crippen LogP contribution in [0.25, 0.3) is 0 Å². The second kappa shape index (κ2) is 4.75. The highest BCUT2D eigenvalue weighted by molar-refractivity contribution is 5.95. The molecule has 4 nitrogen and oxygen atoms in total. The number of methoxy groups -OCH3 is 1. The molecule has 1 aromatic carbocycles. The minimum atomic E-state index is -0.0346. The van der Waals surface area contributed by atoms with Gasteiger partial charge in [0.05, 0.1) is 6.10 Å². The standard InChI is InChI=1S/C13H18N2O2/c1-8-5-9(3-4-12(8)14)13(16)15-10-6-11(7-10)17-2/h3-5,10-11H,6-7,14H2,1-2H3,(H,15,16). The Labute approximate surface area is 101 Å². The summed E-state index contributed by atoms with van der Waals surface area (Å²) in [6.45, 7) is 1.90. The van der Waals surface area contributed by atoms with Gasteiger partial charge in [-0.2, -0.15) is 0 Å². The molecule has 0 aliphatic heterocycles. The van der Waals surface area contributed by atoms with Crippen molar-refractivity contribution in [1.82, 2.24) is 5.32 Å². The average Bonchev–Trinajstić information content (AvgIpc) is 2.26. The molecule has 0 heterocycles. The van der Waals surface area contributed by atoms with E-state index in [1.165, 1.54) is 0 Å². The van der Waals surface area contributed by atoms with Crippen LogP contribution in [0.15, 0.2) is 18.2 Å². The Bertz CT molecular complexity index is 425. The average molecular weight is 234 g/mol. The van der Waals surface area contributed by atoms with Crippen molar-refractivity contribution in [2.75, 3.05) is 12.8 Å². The van der Waals surface area contributed by atoms with Crippen LogP contribution in [0.2, 0.25) is 0 Å². The van der Waals surface area contributed by atoms with Crippen molar-refractivity contribution in [2.24, 2.45) is 0 Å². The summed E-state index contributed by atoms with van der Waals surface area (Å²) in [5.41, 5.74) is 8.02. The molecule has 3 N–H and O–H groups in total. The summed E-state index contributed by atoms with van der Waals surface area (Å²) in [4.78, 5) is 11.9. The number of carbonyl (C=O) groups excluding carboxylic acids is 1. The van der Waals surface area contributed by atoms with E-state index in [1.54, 1.807) is 19.2 Å². The van der Waals surface area contributed by atoms with Gasteiger partial charge in [-0.05, 0) is 43.5 Å². The van der Waals surface area contributed by atoms with Gasteiger partial charge in [0.25, 0.3) is 5.91 Å². The zero-order valence-corrected chi connectivity index (χ0v) is 10.2. The fourth-order valence-corrected chi connectivity index (χ4v) is 1.96. The Balaban J connectivity index is 1.94. The molecule has 1 fully saturated rings. The number of amides is 1. The third kappa shape index (κ3) is 2.58. The monoisotopic (exact) mass is 234 g/mol. The van der Waals surface area contributed by atoms with Crippen LogP contribution in [-0.2, 0) is 4.74 Å². The lowest BCUT2D eigenvalue weighted by atomic mass is 9.89. The van der Waals surface area contributed by atoms with E-state index in [2.05, 4.69) is 5.32 Å². The van der Waals surface area contributed by atoms with Gasteiger partial charge in [0, 0.05) is 24.4 Å². The predicted octanol–water partition coefficient (Wildman–Crippen LogP) is 1.48. The number of hydrogen-bond acceptors (Lipinski definition) is 3. The summed E-state index contributed by atoms with van der Waals surface area (Å²) in [5, 5.41) is 2.98. The number of rotatable bonds is 3. The Hall–Kier alpha value is -1.55. The molecule has 0 spiro atoms. The van der Waals surface area contributed by atoms with Crippen molar-refractivity contribution in [3.05, 3.63) is 29.3 Å². The Morgan fingerprint density at radius 2 is 2.18 bits per heavy atom. The lowest BCUT2D eigenvalue weighted by Gasteiger charge is -2.34. The number of nitrogen functional groups attached to an aromatic ring is 1. The molecule has 1 aromatic rings. The molecule has 1 aliphatic carbocycles. The van der Waals surface area contributed by atoms with E-state index in [4.69, 9.17) is 10.5 Å². The number of carbonyl (C=O) groups is 1. The molecule has 0 bridgehead atoms. The van der Waals surface area contributed by atoms with Crippen LogP contribution in [0.3, 0.4) is 0 Å². The molecule has 1 aliphatic rings. The highest BCUT2D eigenvalue weighted by Gasteiger charge is 2.30. The van der Waals surface area contributed by atoms with Gasteiger partial charge in [-0.15, -0.1) is 0 Å². The molecule has 4 heteroatoms. The smallest absolute Gasteiger partial charge is 0.251 e. The third-order valence-electron chi connectivity index (χ3n) is 3.30. The highest BCUT2D eigenvalue weighted by Crippen LogP contribution is 2.23. The lowest BCUT2D eigenvalue weighted by molar-refractivity contribution is 0.0176. The topological polar surface area (TPSA) is 64.3 Å². The molecule has 0 unspecified atom stereocenters. The van der Waals surface area contributed by atoms with Crippen LogP contribution < -0.4 is 11.1 Å². The summed E-state index contributed by atoms with van der Waals surface area (Å²) in [7, 11) is 1.70. The molecule has 0 aromatic heterocycles. The molecule has 17 heavy (non-hydrogen) atoms. The third-order valence-corrected chi connectivity index (χ3v) is 3.30. The summed E-state index contributed by atoms with van der Waals surface area (Å²) >= 11 is 0. The van der Waals surface area contributed by atoms with Crippen LogP contribution in [0.1, 0.15) is 28.8 Å². The van der Waals surface area contributed by atoms with E-state index in [0.717, 1.165) is 18.4 Å². The Morgan fingerprint density at radius 3 is 2.76 bits per heavy atom. The number of nitrogens with one attached hydrogen (secondary N) is 1. The molecular formula is C13H18N2O2. The number of hydrogen-bond donors (Lipinski definition) is 2. The first kappa shape index (κ1) is 11.9. The molecular weight excluding hydrogens is 216 g/mol. The van der Waals surface area contributed by atoms with Gasteiger partial charge in [0.15, 0.2) is 0 Å². The summed E-state index contributed by atoms with van der Waals surface area (Å²) in [6.07, 6.45) is 2.10. The van der Waals surface area contributed by atoms with Crippen molar-refractivity contribution >= 4 is 11.6 Å². The lowest BCUT2D eigenvalue weighted by Crippen LogP contribution is -2.47. The first-order valence-corrected chi connectivity index (χ1v) is 5.80. The number of benzene rings is 1. The quantitative estimate of drug-likeness (QED) is 0.779. The highest BCUT2D eigenvalue weighted by atomic mass is 16.5. The minimum Gasteiger partial charge on any atom is -0.399 e. The summed E-state index contributed by atoms with van der Waals surface area (Å²) in [6, 6.07) is 5.58. The first-order valence-electron chi connectivity index (χ1n) is 5.80. The van der Waals surface area contributed by atoms with E-state index in [0.29, 0.717) is 17.4 Å². The molecule has 0 radical (unpaired) electrons. The largest absolute Gasteiger partial charge is 0.399 e. The van der Waals surface area contributed by atoms with Crippen LogP contribution in [0.4, 0.5) is 5.69 Å². The number of ether oxygens (including phenoxy) is 1. The van der Waals surface area contributed by atoms with Crippen molar-refractivity contribution in [3.8, 4) is 0 Å². The van der Waals surface area contributed by atoms with Gasteiger partial charge in [-0.3, -0.25) is 4.79 Å². The zero-order chi connectivity index (χ0) is 12.4. The predicted molar refractivity (Wildman–Crippen MR) is 66.9 cm³/mol. The van der Waals surface area contributed by atoms with Crippen LogP contribution in [0.5, 0.6) is 0 Å². The summed E-state index contributed by atoms with van der Waals surface area (Å²) in [5.74, 6) is -0.0346. The van der Waals surface area contributed by atoms with Crippen LogP contribution >= 0.6 is 0 Å². The van der Waals surface area contributed by atoms with E-state index < -0.39 is 0 Å². The number of nitrogens with two attached hydrogens (primary N) is 1. The molecule has 0 saturated heterocycles. The maximum absolute atomic E-state index is 11.9. The maximum Gasteiger partial charge on any atom is 0.251 e. The normalized spacial score (nSPS) is 22.9. The fourth-order valence-electron chi connectivity index (χ4n) is 1.96. The first-order chi connectivity index (χ1) is 8.10. The van der Waals surface area contributed by atoms with Crippen molar-refractivity contribution in [3.63, 3.8) is 0 Å². The SMILES string of the molecule is COC1CC(NC(=O)c2ccc(N)c(C)c2)C1. The van der Waals surface area contributed by atoms with Gasteiger partial charge in [-0.25, -0.2) is 0 Å². The number of aryl methyl sites for hydroxylation is 1. The van der Waals surface area contributed by atoms with E-state index in [-0.39, 0.29) is 11.9 Å². The van der Waals surface area contributed by atoms with E-state index in [1.807, 2.05) is 13.0 Å².